The largest absolute Gasteiger partial charge is 0.362 e. The summed E-state index contributed by atoms with van der Waals surface area (Å²) < 4.78 is 0. The van der Waals surface area contributed by atoms with E-state index in [1.807, 2.05) is 0 Å². The van der Waals surface area contributed by atoms with E-state index in [0.29, 0.717) is 5.11 Å². The van der Waals surface area contributed by atoms with E-state index in [2.05, 4.69) is 29.5 Å². The highest BCUT2D eigenvalue weighted by Crippen LogP contribution is 1.88. The van der Waals surface area contributed by atoms with Crippen molar-refractivity contribution in [2.24, 2.45) is 5.84 Å². The molecule has 0 fully saturated rings. The first-order valence-electron chi connectivity index (χ1n) is 4.71. The molecule has 0 aromatic carbocycles. The van der Waals surface area contributed by atoms with Crippen molar-refractivity contribution in [1.29, 1.82) is 0 Å². The minimum absolute atomic E-state index is 0.513. The number of hydrogen-bond donors (Lipinski definition) is 3. The molecule has 13 heavy (non-hydrogen) atoms. The number of nitrogens with one attached hydrogen (secondary N) is 2. The molecule has 5 heteroatoms. The van der Waals surface area contributed by atoms with Gasteiger partial charge in [-0.1, -0.05) is 13.8 Å². The predicted octanol–water partition coefficient (Wildman–Crippen LogP) is 0.0561. The third-order valence-corrected chi connectivity index (χ3v) is 2.22. The Morgan fingerprint density at radius 3 is 2.46 bits per heavy atom. The Hall–Kier alpha value is -0.390. The Balaban J connectivity index is 3.28. The highest BCUT2D eigenvalue weighted by atomic mass is 32.1. The minimum atomic E-state index is 0.513. The highest BCUT2D eigenvalue weighted by Gasteiger charge is 1.97. The summed E-state index contributed by atoms with van der Waals surface area (Å²) >= 11 is 4.83. The van der Waals surface area contributed by atoms with Crippen molar-refractivity contribution >= 4 is 17.3 Å². The van der Waals surface area contributed by atoms with Gasteiger partial charge in [-0.25, -0.2) is 5.84 Å². The molecule has 4 nitrogen and oxygen atoms in total. The summed E-state index contributed by atoms with van der Waals surface area (Å²) in [5.74, 6) is 5.10. The molecule has 0 aromatic heterocycles. The van der Waals surface area contributed by atoms with Crippen LogP contribution in [0.15, 0.2) is 0 Å². The van der Waals surface area contributed by atoms with E-state index in [1.165, 1.54) is 0 Å². The molecule has 0 rings (SSSR count). The Bertz CT molecular complexity index is 136. The van der Waals surface area contributed by atoms with Crippen molar-refractivity contribution < 1.29 is 0 Å². The van der Waals surface area contributed by atoms with Gasteiger partial charge >= 0.3 is 0 Å². The normalized spacial score (nSPS) is 10.2. The summed E-state index contributed by atoms with van der Waals surface area (Å²) in [5.41, 5.74) is 2.39. The fourth-order valence-electron chi connectivity index (χ4n) is 1.10. The number of thiocarbonyl (C=S) groups is 1. The first kappa shape index (κ1) is 12.6. The topological polar surface area (TPSA) is 53.3 Å². The monoisotopic (exact) mass is 204 g/mol. The molecular formula is C8H20N4S. The maximum absolute atomic E-state index is 5.10. The van der Waals surface area contributed by atoms with Crippen molar-refractivity contribution in [2.75, 3.05) is 26.2 Å². The molecule has 78 valence electrons. The third kappa shape index (κ3) is 6.74. The number of hydrogen-bond acceptors (Lipinski definition) is 3. The van der Waals surface area contributed by atoms with Crippen LogP contribution in [0.5, 0.6) is 0 Å². The van der Waals surface area contributed by atoms with E-state index in [4.69, 9.17) is 18.1 Å². The fraction of sp³-hybridized carbons (Fsp3) is 0.875. The number of hydrazine groups is 1. The lowest BCUT2D eigenvalue weighted by molar-refractivity contribution is 0.300. The molecule has 0 aromatic rings. The van der Waals surface area contributed by atoms with Crippen LogP contribution in [0.2, 0.25) is 0 Å². The standard InChI is InChI=1S/C8H20N4S/c1-3-12(4-2)7-5-6-10-8(13)11-9/h3-7,9H2,1-2H3,(H2,10,11,13). The Labute approximate surface area is 85.8 Å². The van der Waals surface area contributed by atoms with Gasteiger partial charge in [0.15, 0.2) is 5.11 Å². The molecule has 0 aliphatic rings. The molecule has 0 bridgehead atoms. The molecule has 0 saturated carbocycles. The zero-order chi connectivity index (χ0) is 10.1. The maximum Gasteiger partial charge on any atom is 0.180 e. The summed E-state index contributed by atoms with van der Waals surface area (Å²) in [6, 6.07) is 0. The zero-order valence-electron chi connectivity index (χ0n) is 8.47. The second-order valence-electron chi connectivity index (χ2n) is 2.78. The fourth-order valence-corrected chi connectivity index (χ4v) is 1.20. The van der Waals surface area contributed by atoms with Gasteiger partial charge in [0, 0.05) is 6.54 Å². The first-order chi connectivity index (χ1) is 6.24. The van der Waals surface area contributed by atoms with Crippen LogP contribution >= 0.6 is 12.2 Å². The van der Waals surface area contributed by atoms with E-state index in [0.717, 1.165) is 32.6 Å². The summed E-state index contributed by atoms with van der Waals surface area (Å²) in [6.45, 7) is 8.53. The van der Waals surface area contributed by atoms with Gasteiger partial charge in [-0.05, 0) is 38.3 Å². The molecule has 0 aliphatic heterocycles. The van der Waals surface area contributed by atoms with Crippen LogP contribution < -0.4 is 16.6 Å². The molecular weight excluding hydrogens is 184 g/mol. The van der Waals surface area contributed by atoms with E-state index in [-0.39, 0.29) is 0 Å². The number of nitrogens with zero attached hydrogens (tertiary/aromatic N) is 1. The maximum atomic E-state index is 5.10. The van der Waals surface area contributed by atoms with Crippen molar-refractivity contribution in [2.45, 2.75) is 20.3 Å². The zero-order valence-corrected chi connectivity index (χ0v) is 9.28. The van der Waals surface area contributed by atoms with Crippen LogP contribution in [-0.4, -0.2) is 36.2 Å². The van der Waals surface area contributed by atoms with E-state index < -0.39 is 0 Å². The van der Waals surface area contributed by atoms with Crippen LogP contribution in [0.4, 0.5) is 0 Å². The lowest BCUT2D eigenvalue weighted by Gasteiger charge is -2.17. The Kier molecular flexibility index (Phi) is 7.97. The molecule has 0 heterocycles. The van der Waals surface area contributed by atoms with E-state index in [9.17, 15) is 0 Å². The number of rotatable bonds is 6. The van der Waals surface area contributed by atoms with E-state index in [1.54, 1.807) is 0 Å². The molecule has 0 atom stereocenters. The van der Waals surface area contributed by atoms with Gasteiger partial charge in [-0.2, -0.15) is 0 Å². The molecule has 0 saturated heterocycles. The van der Waals surface area contributed by atoms with Crippen LogP contribution in [0, 0.1) is 0 Å². The Morgan fingerprint density at radius 2 is 2.00 bits per heavy atom. The van der Waals surface area contributed by atoms with Gasteiger partial charge in [0.05, 0.1) is 0 Å². The van der Waals surface area contributed by atoms with Crippen LogP contribution in [0.25, 0.3) is 0 Å². The smallest absolute Gasteiger partial charge is 0.180 e. The van der Waals surface area contributed by atoms with Gasteiger partial charge in [-0.3, -0.25) is 0 Å². The van der Waals surface area contributed by atoms with Crippen molar-refractivity contribution in [3.05, 3.63) is 0 Å². The average Bonchev–Trinajstić information content (AvgIpc) is 2.18. The van der Waals surface area contributed by atoms with Crippen molar-refractivity contribution in [1.82, 2.24) is 15.6 Å². The van der Waals surface area contributed by atoms with Gasteiger partial charge < -0.3 is 15.6 Å². The van der Waals surface area contributed by atoms with Crippen molar-refractivity contribution in [3.8, 4) is 0 Å². The van der Waals surface area contributed by atoms with Crippen LogP contribution in [0.3, 0.4) is 0 Å². The molecule has 4 N–H and O–H groups in total. The van der Waals surface area contributed by atoms with Gasteiger partial charge in [-0.15, -0.1) is 0 Å². The summed E-state index contributed by atoms with van der Waals surface area (Å²) in [5, 5.41) is 3.52. The van der Waals surface area contributed by atoms with Crippen molar-refractivity contribution in [3.63, 3.8) is 0 Å². The molecule has 0 unspecified atom stereocenters. The summed E-state index contributed by atoms with van der Waals surface area (Å²) in [4.78, 5) is 2.38. The van der Waals surface area contributed by atoms with Gasteiger partial charge in [0.25, 0.3) is 0 Å². The Morgan fingerprint density at radius 1 is 1.38 bits per heavy atom. The molecule has 0 aliphatic carbocycles. The van der Waals surface area contributed by atoms with Crippen LogP contribution in [0.1, 0.15) is 20.3 Å². The van der Waals surface area contributed by atoms with Gasteiger partial charge in [0.2, 0.25) is 0 Å². The predicted molar refractivity (Wildman–Crippen MR) is 60.3 cm³/mol. The lowest BCUT2D eigenvalue weighted by atomic mass is 10.3. The number of nitrogens with two attached hydrogens (primary N) is 1. The lowest BCUT2D eigenvalue weighted by Crippen LogP contribution is -2.40. The third-order valence-electron chi connectivity index (χ3n) is 1.96. The minimum Gasteiger partial charge on any atom is -0.362 e. The molecule has 0 amide bonds. The summed E-state index contributed by atoms with van der Waals surface area (Å²) in [7, 11) is 0. The quantitative estimate of drug-likeness (QED) is 0.247. The second kappa shape index (κ2) is 8.22. The van der Waals surface area contributed by atoms with Crippen LogP contribution in [-0.2, 0) is 0 Å². The second-order valence-corrected chi connectivity index (χ2v) is 3.19. The average molecular weight is 204 g/mol. The first-order valence-corrected chi connectivity index (χ1v) is 5.12. The van der Waals surface area contributed by atoms with E-state index >= 15 is 0 Å². The summed E-state index contributed by atoms with van der Waals surface area (Å²) in [6.07, 6.45) is 1.09. The van der Waals surface area contributed by atoms with Gasteiger partial charge in [0.1, 0.15) is 0 Å². The molecule has 0 spiro atoms. The highest BCUT2D eigenvalue weighted by molar-refractivity contribution is 7.80. The molecule has 0 radical (unpaired) electrons. The SMILES string of the molecule is CCN(CC)CCCNC(=S)NN.